The Hall–Kier alpha value is -2.96. The first-order valence-corrected chi connectivity index (χ1v) is 7.34. The zero-order valence-electron chi connectivity index (χ0n) is 12.6. The second kappa shape index (κ2) is 5.35. The highest BCUT2D eigenvalue weighted by molar-refractivity contribution is 5.86. The quantitative estimate of drug-likeness (QED) is 0.629. The normalized spacial score (nSPS) is 11.4. The minimum absolute atomic E-state index is 0.203. The van der Waals surface area contributed by atoms with Crippen LogP contribution in [0.25, 0.3) is 28.1 Å². The van der Waals surface area contributed by atoms with Gasteiger partial charge in [-0.1, -0.05) is 30.3 Å². The van der Waals surface area contributed by atoms with Crippen molar-refractivity contribution in [2.24, 2.45) is 7.05 Å². The van der Waals surface area contributed by atoms with Gasteiger partial charge in [-0.05, 0) is 0 Å². The van der Waals surface area contributed by atoms with Crippen LogP contribution in [0.15, 0.2) is 42.7 Å². The molecule has 0 saturated carbocycles. The molecule has 0 amide bonds. The third-order valence-corrected chi connectivity index (χ3v) is 3.70. The summed E-state index contributed by atoms with van der Waals surface area (Å²) in [5.74, 6) is 0.574. The van der Waals surface area contributed by atoms with E-state index < -0.39 is 6.67 Å². The number of nitrogens with one attached hydrogen (secondary N) is 1. The number of hydrogen-bond donors (Lipinski definition) is 1. The molecule has 23 heavy (non-hydrogen) atoms. The van der Waals surface area contributed by atoms with Crippen LogP contribution in [0, 0.1) is 0 Å². The van der Waals surface area contributed by atoms with Gasteiger partial charge >= 0.3 is 0 Å². The molecule has 0 unspecified atom stereocenters. The molecule has 0 saturated heterocycles. The number of nitrogens with zero attached hydrogens (tertiary/aromatic N) is 5. The molecule has 1 N–H and O–H groups in total. The van der Waals surface area contributed by atoms with Gasteiger partial charge in [-0.25, -0.2) is 14.4 Å². The highest BCUT2D eigenvalue weighted by Crippen LogP contribution is 2.25. The molecular formula is C16H15FN6. The van der Waals surface area contributed by atoms with Crippen molar-refractivity contribution in [1.82, 2.24) is 24.1 Å². The number of aryl methyl sites for hydroxylation is 1. The molecule has 0 atom stereocenters. The Labute approximate surface area is 131 Å². The number of anilines is 1. The Morgan fingerprint density at radius 1 is 1.22 bits per heavy atom. The van der Waals surface area contributed by atoms with E-state index in [0.717, 1.165) is 16.9 Å². The van der Waals surface area contributed by atoms with Crippen LogP contribution in [0.3, 0.4) is 0 Å². The molecule has 0 radical (unpaired) electrons. The third-order valence-electron chi connectivity index (χ3n) is 3.70. The Kier molecular flexibility index (Phi) is 3.18. The van der Waals surface area contributed by atoms with E-state index in [2.05, 4.69) is 20.4 Å². The molecule has 0 aliphatic rings. The van der Waals surface area contributed by atoms with Crippen molar-refractivity contribution in [2.45, 2.75) is 0 Å². The number of alkyl halides is 1. The average Bonchev–Trinajstić information content (AvgIpc) is 3.17. The third kappa shape index (κ3) is 2.21. The predicted octanol–water partition coefficient (Wildman–Crippen LogP) is 2.66. The maximum atomic E-state index is 12.5. The minimum atomic E-state index is -0.463. The molecule has 0 aliphatic heterocycles. The van der Waals surface area contributed by atoms with Gasteiger partial charge in [-0.3, -0.25) is 0 Å². The maximum absolute atomic E-state index is 12.5. The first-order chi connectivity index (χ1) is 11.3. The van der Waals surface area contributed by atoms with Crippen LogP contribution in [0.5, 0.6) is 0 Å². The summed E-state index contributed by atoms with van der Waals surface area (Å²) in [6, 6.07) is 11.8. The number of benzene rings is 1. The summed E-state index contributed by atoms with van der Waals surface area (Å²) in [4.78, 5) is 8.91. The van der Waals surface area contributed by atoms with Gasteiger partial charge in [0, 0.05) is 25.2 Å². The topological polar surface area (TPSA) is 60.0 Å². The number of aromatic nitrogens is 5. The van der Waals surface area contributed by atoms with Crippen molar-refractivity contribution in [1.29, 1.82) is 0 Å². The van der Waals surface area contributed by atoms with Gasteiger partial charge in [0.25, 0.3) is 0 Å². The van der Waals surface area contributed by atoms with Gasteiger partial charge in [0.2, 0.25) is 0 Å². The SMILES string of the molecule is Cn1cnc2c(NCCF)nc3cc(-c4ccccc4)nn3c21. The Balaban J connectivity index is 1.96. The first kappa shape index (κ1) is 13.7. The standard InChI is InChI=1S/C16H15FN6/c1-22-10-19-14-15(18-8-7-17)20-13-9-12(21-23(13)16(14)22)11-5-3-2-4-6-11/h2-6,9-10H,7-8H2,1H3,(H,18,20). The molecule has 7 heteroatoms. The van der Waals surface area contributed by atoms with Crippen LogP contribution in [0.4, 0.5) is 10.2 Å². The number of fused-ring (bicyclic) bond motifs is 3. The van der Waals surface area contributed by atoms with E-state index in [1.54, 1.807) is 10.8 Å². The van der Waals surface area contributed by atoms with Gasteiger partial charge in [0.05, 0.1) is 12.0 Å². The van der Waals surface area contributed by atoms with Crippen molar-refractivity contribution in [2.75, 3.05) is 18.5 Å². The van der Waals surface area contributed by atoms with Crippen LogP contribution >= 0.6 is 0 Å². The van der Waals surface area contributed by atoms with E-state index in [0.29, 0.717) is 17.0 Å². The van der Waals surface area contributed by atoms with Crippen molar-refractivity contribution >= 4 is 22.6 Å². The van der Waals surface area contributed by atoms with E-state index in [1.807, 2.05) is 48.0 Å². The number of halogens is 1. The summed E-state index contributed by atoms with van der Waals surface area (Å²) in [6.07, 6.45) is 1.70. The van der Waals surface area contributed by atoms with E-state index >= 15 is 0 Å². The lowest BCUT2D eigenvalue weighted by Gasteiger charge is -2.05. The monoisotopic (exact) mass is 310 g/mol. The molecule has 0 fully saturated rings. The largest absolute Gasteiger partial charge is 0.365 e. The average molecular weight is 310 g/mol. The molecule has 0 bridgehead atoms. The fourth-order valence-corrected chi connectivity index (χ4v) is 2.65. The summed E-state index contributed by atoms with van der Waals surface area (Å²) in [5, 5.41) is 7.65. The minimum Gasteiger partial charge on any atom is -0.365 e. The predicted molar refractivity (Wildman–Crippen MR) is 87.2 cm³/mol. The molecule has 6 nitrogen and oxygen atoms in total. The summed E-state index contributed by atoms with van der Waals surface area (Å²) in [6.45, 7) is -0.260. The van der Waals surface area contributed by atoms with Gasteiger partial charge in [0.15, 0.2) is 22.6 Å². The van der Waals surface area contributed by atoms with Crippen LogP contribution in [-0.2, 0) is 7.05 Å². The van der Waals surface area contributed by atoms with Crippen LogP contribution in [0.1, 0.15) is 0 Å². The Morgan fingerprint density at radius 3 is 2.83 bits per heavy atom. The van der Waals surface area contributed by atoms with Crippen molar-refractivity contribution < 1.29 is 4.39 Å². The summed E-state index contributed by atoms with van der Waals surface area (Å²) in [5.41, 5.74) is 4.05. The second-order valence-electron chi connectivity index (χ2n) is 5.27. The summed E-state index contributed by atoms with van der Waals surface area (Å²) in [7, 11) is 1.90. The highest BCUT2D eigenvalue weighted by atomic mass is 19.1. The zero-order valence-corrected chi connectivity index (χ0v) is 12.6. The molecule has 4 rings (SSSR count). The van der Waals surface area contributed by atoms with Crippen molar-refractivity contribution in [3.63, 3.8) is 0 Å². The molecule has 3 heterocycles. The second-order valence-corrected chi connectivity index (χ2v) is 5.27. The lowest BCUT2D eigenvalue weighted by atomic mass is 10.2. The fraction of sp³-hybridized carbons (Fsp3) is 0.188. The maximum Gasteiger partial charge on any atom is 0.167 e. The Bertz CT molecular complexity index is 972. The highest BCUT2D eigenvalue weighted by Gasteiger charge is 2.15. The number of hydrogen-bond acceptors (Lipinski definition) is 4. The van der Waals surface area contributed by atoms with Crippen molar-refractivity contribution in [3.8, 4) is 11.3 Å². The number of imidazole rings is 1. The van der Waals surface area contributed by atoms with E-state index in [1.165, 1.54) is 0 Å². The lowest BCUT2D eigenvalue weighted by Crippen LogP contribution is -2.07. The molecule has 0 spiro atoms. The zero-order chi connectivity index (χ0) is 15.8. The van der Waals surface area contributed by atoms with Gasteiger partial charge in [-0.15, -0.1) is 0 Å². The van der Waals surface area contributed by atoms with Crippen LogP contribution < -0.4 is 5.32 Å². The molecule has 4 aromatic rings. The molecule has 1 aromatic carbocycles. The van der Waals surface area contributed by atoms with Crippen molar-refractivity contribution in [3.05, 3.63) is 42.7 Å². The van der Waals surface area contributed by atoms with E-state index in [-0.39, 0.29) is 6.54 Å². The van der Waals surface area contributed by atoms with Gasteiger partial charge < -0.3 is 9.88 Å². The summed E-state index contributed by atoms with van der Waals surface area (Å²) >= 11 is 0. The van der Waals surface area contributed by atoms with Gasteiger partial charge in [-0.2, -0.15) is 9.61 Å². The molecular weight excluding hydrogens is 295 g/mol. The lowest BCUT2D eigenvalue weighted by molar-refractivity contribution is 0.512. The molecule has 3 aromatic heterocycles. The fourth-order valence-electron chi connectivity index (χ4n) is 2.65. The van der Waals surface area contributed by atoms with E-state index in [9.17, 15) is 4.39 Å². The van der Waals surface area contributed by atoms with Crippen LogP contribution in [0.2, 0.25) is 0 Å². The van der Waals surface area contributed by atoms with E-state index in [4.69, 9.17) is 0 Å². The number of rotatable bonds is 4. The summed E-state index contributed by atoms with van der Waals surface area (Å²) < 4.78 is 16.1. The Morgan fingerprint density at radius 2 is 2.04 bits per heavy atom. The first-order valence-electron chi connectivity index (χ1n) is 7.34. The molecule has 116 valence electrons. The molecule has 0 aliphatic carbocycles. The van der Waals surface area contributed by atoms with Crippen LogP contribution in [-0.4, -0.2) is 37.4 Å². The smallest absolute Gasteiger partial charge is 0.167 e. The van der Waals surface area contributed by atoms with Gasteiger partial charge in [0.1, 0.15) is 6.67 Å².